The Hall–Kier alpha value is -3.15. The van der Waals surface area contributed by atoms with E-state index >= 15 is 0 Å². The number of pyridine rings is 1. The van der Waals surface area contributed by atoms with E-state index in [2.05, 4.69) is 9.98 Å². The zero-order valence-corrected chi connectivity index (χ0v) is 11.4. The molecule has 0 amide bonds. The van der Waals surface area contributed by atoms with Crippen molar-refractivity contribution in [3.8, 4) is 11.5 Å². The zero-order chi connectivity index (χ0) is 14.9. The van der Waals surface area contributed by atoms with Gasteiger partial charge >= 0.3 is 5.97 Å². The van der Waals surface area contributed by atoms with Crippen molar-refractivity contribution in [3.63, 3.8) is 0 Å². The van der Waals surface area contributed by atoms with Crippen LogP contribution in [0.25, 0.3) is 6.08 Å². The molecule has 6 heteroatoms. The molecule has 4 rings (SSSR count). The quantitative estimate of drug-likeness (QED) is 0.627. The third-order valence-electron chi connectivity index (χ3n) is 3.23. The molecule has 0 aliphatic carbocycles. The summed E-state index contributed by atoms with van der Waals surface area (Å²) in [5, 5.41) is 0. The van der Waals surface area contributed by atoms with Crippen LogP contribution in [0, 0.1) is 0 Å². The van der Waals surface area contributed by atoms with E-state index < -0.39 is 5.97 Å². The van der Waals surface area contributed by atoms with Gasteiger partial charge in [0.1, 0.15) is 0 Å². The molecular formula is C16H10N2O4. The first-order valence-electron chi connectivity index (χ1n) is 6.62. The standard InChI is InChI=1S/C16H10N2O4/c19-16-12(18-15(22-16)11-2-1-5-17-8-11)6-10-3-4-13-14(7-10)21-9-20-13/h1-8H,9H2/b12-6+. The van der Waals surface area contributed by atoms with E-state index in [0.717, 1.165) is 5.56 Å². The fourth-order valence-electron chi connectivity index (χ4n) is 2.18. The van der Waals surface area contributed by atoms with Crippen LogP contribution in [0.5, 0.6) is 11.5 Å². The molecule has 1 aromatic carbocycles. The maximum Gasteiger partial charge on any atom is 0.363 e. The summed E-state index contributed by atoms with van der Waals surface area (Å²) in [6.45, 7) is 0.209. The Kier molecular flexibility index (Phi) is 2.86. The lowest BCUT2D eigenvalue weighted by Gasteiger charge is -1.97. The number of carbonyl (C=O) groups is 1. The number of ether oxygens (including phenoxy) is 3. The van der Waals surface area contributed by atoms with Crippen molar-refractivity contribution in [3.05, 3.63) is 59.5 Å². The van der Waals surface area contributed by atoms with Crippen LogP contribution in [-0.2, 0) is 9.53 Å². The summed E-state index contributed by atoms with van der Waals surface area (Å²) < 4.78 is 15.7. The maximum atomic E-state index is 11.9. The van der Waals surface area contributed by atoms with Crippen molar-refractivity contribution >= 4 is 17.9 Å². The molecule has 0 unspecified atom stereocenters. The monoisotopic (exact) mass is 294 g/mol. The first-order valence-corrected chi connectivity index (χ1v) is 6.62. The van der Waals surface area contributed by atoms with E-state index in [1.807, 2.05) is 6.07 Å². The van der Waals surface area contributed by atoms with Gasteiger partial charge in [-0.25, -0.2) is 9.79 Å². The largest absolute Gasteiger partial charge is 0.454 e. The summed E-state index contributed by atoms with van der Waals surface area (Å²) in [5.41, 5.74) is 1.68. The van der Waals surface area contributed by atoms with Gasteiger partial charge in [0, 0.05) is 12.4 Å². The molecule has 0 N–H and O–H groups in total. The smallest absolute Gasteiger partial charge is 0.363 e. The van der Waals surface area contributed by atoms with Gasteiger partial charge in [-0.05, 0) is 35.9 Å². The minimum atomic E-state index is -0.489. The molecule has 0 saturated carbocycles. The second-order valence-electron chi connectivity index (χ2n) is 4.69. The SMILES string of the molecule is O=C1OC(c2cccnc2)=N/C1=C/c1ccc2c(c1)OCO2. The summed E-state index contributed by atoms with van der Waals surface area (Å²) in [6.07, 6.45) is 4.88. The van der Waals surface area contributed by atoms with Crippen molar-refractivity contribution in [2.45, 2.75) is 0 Å². The number of nitrogens with zero attached hydrogens (tertiary/aromatic N) is 2. The summed E-state index contributed by atoms with van der Waals surface area (Å²) in [7, 11) is 0. The molecule has 2 aliphatic rings. The summed E-state index contributed by atoms with van der Waals surface area (Å²) in [6, 6.07) is 8.94. The lowest BCUT2D eigenvalue weighted by molar-refractivity contribution is -0.129. The molecule has 2 aliphatic heterocycles. The van der Waals surface area contributed by atoms with Crippen molar-refractivity contribution in [1.29, 1.82) is 0 Å². The number of hydrogen-bond donors (Lipinski definition) is 0. The molecule has 6 nitrogen and oxygen atoms in total. The van der Waals surface area contributed by atoms with E-state index in [4.69, 9.17) is 14.2 Å². The van der Waals surface area contributed by atoms with E-state index in [1.165, 1.54) is 0 Å². The summed E-state index contributed by atoms with van der Waals surface area (Å²) in [4.78, 5) is 20.1. The van der Waals surface area contributed by atoms with Crippen LogP contribution in [0.4, 0.5) is 0 Å². The number of aliphatic imine (C=N–C) groups is 1. The highest BCUT2D eigenvalue weighted by Gasteiger charge is 2.24. The Bertz CT molecular complexity index is 812. The molecule has 0 spiro atoms. The third kappa shape index (κ3) is 2.20. The second-order valence-corrected chi connectivity index (χ2v) is 4.69. The van der Waals surface area contributed by atoms with Crippen LogP contribution in [0.3, 0.4) is 0 Å². The van der Waals surface area contributed by atoms with Gasteiger partial charge in [-0.15, -0.1) is 0 Å². The number of carbonyl (C=O) groups excluding carboxylic acids is 1. The maximum absolute atomic E-state index is 11.9. The summed E-state index contributed by atoms with van der Waals surface area (Å²) >= 11 is 0. The Morgan fingerprint density at radius 2 is 2.05 bits per heavy atom. The number of hydrogen-bond acceptors (Lipinski definition) is 6. The molecule has 22 heavy (non-hydrogen) atoms. The Morgan fingerprint density at radius 1 is 1.14 bits per heavy atom. The van der Waals surface area contributed by atoms with Gasteiger partial charge in [-0.3, -0.25) is 4.98 Å². The predicted molar refractivity (Wildman–Crippen MR) is 77.4 cm³/mol. The average Bonchev–Trinajstić information content (AvgIpc) is 3.15. The van der Waals surface area contributed by atoms with E-state index in [-0.39, 0.29) is 18.4 Å². The lowest BCUT2D eigenvalue weighted by Crippen LogP contribution is -2.05. The van der Waals surface area contributed by atoms with Crippen LogP contribution in [0.2, 0.25) is 0 Å². The number of cyclic esters (lactones) is 1. The van der Waals surface area contributed by atoms with Crippen molar-refractivity contribution < 1.29 is 19.0 Å². The van der Waals surface area contributed by atoms with Gasteiger partial charge in [0.2, 0.25) is 12.7 Å². The van der Waals surface area contributed by atoms with Crippen LogP contribution in [-0.4, -0.2) is 23.6 Å². The molecule has 0 bridgehead atoms. The highest BCUT2D eigenvalue weighted by Crippen LogP contribution is 2.33. The third-order valence-corrected chi connectivity index (χ3v) is 3.23. The normalized spacial score (nSPS) is 17.5. The second kappa shape index (κ2) is 5.00. The average molecular weight is 294 g/mol. The highest BCUT2D eigenvalue weighted by atomic mass is 16.7. The Labute approximate surface area is 125 Å². The zero-order valence-electron chi connectivity index (χ0n) is 11.4. The minimum Gasteiger partial charge on any atom is -0.454 e. The topological polar surface area (TPSA) is 70.0 Å². The van der Waals surface area contributed by atoms with E-state index in [1.54, 1.807) is 42.7 Å². The van der Waals surface area contributed by atoms with Gasteiger partial charge in [0.05, 0.1) is 5.56 Å². The molecule has 0 fully saturated rings. The predicted octanol–water partition coefficient (Wildman–Crippen LogP) is 2.15. The van der Waals surface area contributed by atoms with Crippen molar-refractivity contribution in [2.75, 3.05) is 6.79 Å². The summed E-state index contributed by atoms with van der Waals surface area (Å²) in [5.74, 6) is 1.11. The van der Waals surface area contributed by atoms with E-state index in [0.29, 0.717) is 17.1 Å². The number of esters is 1. The molecule has 2 aromatic rings. The van der Waals surface area contributed by atoms with Crippen LogP contribution < -0.4 is 9.47 Å². The number of benzene rings is 1. The molecule has 0 saturated heterocycles. The first kappa shape index (κ1) is 12.6. The van der Waals surface area contributed by atoms with Crippen molar-refractivity contribution in [1.82, 2.24) is 4.98 Å². The number of aromatic nitrogens is 1. The van der Waals surface area contributed by atoms with Gasteiger partial charge in [-0.1, -0.05) is 6.07 Å². The molecular weight excluding hydrogens is 284 g/mol. The van der Waals surface area contributed by atoms with Gasteiger partial charge in [-0.2, -0.15) is 0 Å². The van der Waals surface area contributed by atoms with Crippen LogP contribution >= 0.6 is 0 Å². The number of rotatable bonds is 2. The highest BCUT2D eigenvalue weighted by molar-refractivity contribution is 6.12. The van der Waals surface area contributed by atoms with Crippen LogP contribution in [0.15, 0.2) is 53.4 Å². The molecule has 0 radical (unpaired) electrons. The molecule has 3 heterocycles. The fourth-order valence-corrected chi connectivity index (χ4v) is 2.18. The van der Waals surface area contributed by atoms with E-state index in [9.17, 15) is 4.79 Å². The van der Waals surface area contributed by atoms with Crippen LogP contribution in [0.1, 0.15) is 11.1 Å². The molecule has 108 valence electrons. The molecule has 1 aromatic heterocycles. The minimum absolute atomic E-state index is 0.209. The Morgan fingerprint density at radius 3 is 2.91 bits per heavy atom. The first-order chi connectivity index (χ1) is 10.8. The van der Waals surface area contributed by atoms with Gasteiger partial charge < -0.3 is 14.2 Å². The van der Waals surface area contributed by atoms with Gasteiger partial charge in [0.25, 0.3) is 0 Å². The number of fused-ring (bicyclic) bond motifs is 1. The van der Waals surface area contributed by atoms with Gasteiger partial charge in [0.15, 0.2) is 17.2 Å². The lowest BCUT2D eigenvalue weighted by atomic mass is 10.1. The van der Waals surface area contributed by atoms with Crippen molar-refractivity contribution in [2.24, 2.45) is 4.99 Å². The molecule has 0 atom stereocenters. The Balaban J connectivity index is 1.67. The fraction of sp³-hybridized carbons (Fsp3) is 0.0625.